The predicted octanol–water partition coefficient (Wildman–Crippen LogP) is 4.27. The van der Waals surface area contributed by atoms with E-state index in [4.69, 9.17) is 0 Å². The van der Waals surface area contributed by atoms with Gasteiger partial charge in [0.25, 0.3) is 5.91 Å². The van der Waals surface area contributed by atoms with E-state index in [0.29, 0.717) is 6.04 Å². The number of pyridine rings is 1. The maximum absolute atomic E-state index is 13.1. The summed E-state index contributed by atoms with van der Waals surface area (Å²) in [6, 6.07) is 8.32. The molecule has 25 heavy (non-hydrogen) atoms. The van der Waals surface area contributed by atoms with Gasteiger partial charge in [-0.1, -0.05) is 6.07 Å². The molecule has 0 spiro atoms. The summed E-state index contributed by atoms with van der Waals surface area (Å²) in [7, 11) is 0. The number of carbonyl (C=O) groups is 1. The molecule has 4 heteroatoms. The first-order valence-corrected chi connectivity index (χ1v) is 9.34. The van der Waals surface area contributed by atoms with E-state index in [2.05, 4.69) is 41.3 Å². The van der Waals surface area contributed by atoms with Gasteiger partial charge in [-0.15, -0.1) is 0 Å². The second kappa shape index (κ2) is 7.42. The molecule has 0 bridgehead atoms. The summed E-state index contributed by atoms with van der Waals surface area (Å²) in [5.74, 6) is 0.175. The lowest BCUT2D eigenvalue weighted by molar-refractivity contribution is 0.0601. The fourth-order valence-electron chi connectivity index (χ4n) is 3.53. The molecule has 0 radical (unpaired) electrons. The summed E-state index contributed by atoms with van der Waals surface area (Å²) < 4.78 is 2.12. The average Bonchev–Trinajstić information content (AvgIpc) is 3.11. The number of hydrogen-bond donors (Lipinski definition) is 0. The van der Waals surface area contributed by atoms with Crippen LogP contribution >= 0.6 is 0 Å². The number of carbonyl (C=O) groups excluding carboxylic acids is 1. The van der Waals surface area contributed by atoms with Crippen LogP contribution in [0.2, 0.25) is 0 Å². The average molecular weight is 339 g/mol. The van der Waals surface area contributed by atoms with Crippen molar-refractivity contribution in [2.75, 3.05) is 6.54 Å². The van der Waals surface area contributed by atoms with Gasteiger partial charge in [0, 0.05) is 42.4 Å². The minimum Gasteiger partial charge on any atom is -0.348 e. The Kier molecular flexibility index (Phi) is 5.26. The molecular weight excluding hydrogens is 310 g/mol. The largest absolute Gasteiger partial charge is 0.348 e. The molecule has 1 atom stereocenters. The molecule has 1 amide bonds. The van der Waals surface area contributed by atoms with Crippen LogP contribution < -0.4 is 0 Å². The maximum Gasteiger partial charge on any atom is 0.255 e. The molecule has 2 aromatic heterocycles. The smallest absolute Gasteiger partial charge is 0.255 e. The van der Waals surface area contributed by atoms with Crippen molar-refractivity contribution < 1.29 is 4.79 Å². The lowest BCUT2D eigenvalue weighted by atomic mass is 9.96. The van der Waals surface area contributed by atoms with Crippen LogP contribution in [0, 0.1) is 0 Å². The minimum atomic E-state index is -0.00118. The number of aromatic nitrogens is 2. The van der Waals surface area contributed by atoms with E-state index in [1.807, 2.05) is 36.8 Å². The summed E-state index contributed by atoms with van der Waals surface area (Å²) in [5, 5.41) is 0. The number of rotatable bonds is 4. The number of likely N-dealkylation sites (tertiary alicyclic amines) is 1. The van der Waals surface area contributed by atoms with Crippen LogP contribution in [0.4, 0.5) is 0 Å². The Bertz CT molecular complexity index is 699. The quantitative estimate of drug-likeness (QED) is 0.834. The molecular formula is C21H29N3O. The molecule has 0 aliphatic carbocycles. The molecule has 4 nitrogen and oxygen atoms in total. The van der Waals surface area contributed by atoms with Crippen LogP contribution in [-0.4, -0.2) is 32.9 Å². The van der Waals surface area contributed by atoms with E-state index >= 15 is 0 Å². The first-order chi connectivity index (χ1) is 11.9. The predicted molar refractivity (Wildman–Crippen MR) is 101 cm³/mol. The fraction of sp³-hybridized carbons (Fsp3) is 0.524. The van der Waals surface area contributed by atoms with Gasteiger partial charge in [-0.25, -0.2) is 0 Å². The van der Waals surface area contributed by atoms with E-state index in [0.717, 1.165) is 43.5 Å². The monoisotopic (exact) mass is 339 g/mol. The molecule has 1 saturated heterocycles. The van der Waals surface area contributed by atoms with Crippen molar-refractivity contribution in [1.82, 2.24) is 14.5 Å². The summed E-state index contributed by atoms with van der Waals surface area (Å²) in [5.41, 5.74) is 1.91. The molecule has 1 aliphatic rings. The van der Waals surface area contributed by atoms with Gasteiger partial charge in [0.15, 0.2) is 0 Å². The standard InChI is InChI=1S/C21H29N3O/c1-21(2,3)23-15-12-17(16-23)20(25)24-14-7-5-9-19(24)11-10-18-8-4-6-13-22-18/h4,6,8,12-13,15-16,19H,5,7,9-11,14H2,1-3H3/t19-/m1/s1. The van der Waals surface area contributed by atoms with E-state index in [1.54, 1.807) is 0 Å². The molecule has 2 aromatic rings. The Morgan fingerprint density at radius 2 is 2.08 bits per heavy atom. The van der Waals surface area contributed by atoms with Gasteiger partial charge < -0.3 is 9.47 Å². The Morgan fingerprint density at radius 3 is 2.76 bits per heavy atom. The molecule has 0 saturated carbocycles. The van der Waals surface area contributed by atoms with Crippen molar-refractivity contribution in [1.29, 1.82) is 0 Å². The molecule has 3 rings (SSSR count). The normalized spacial score (nSPS) is 18.4. The molecule has 0 aromatic carbocycles. The first kappa shape index (κ1) is 17.7. The van der Waals surface area contributed by atoms with Crippen LogP contribution in [-0.2, 0) is 12.0 Å². The highest BCUT2D eigenvalue weighted by Crippen LogP contribution is 2.24. The van der Waals surface area contributed by atoms with Crippen molar-refractivity contribution in [3.63, 3.8) is 0 Å². The van der Waals surface area contributed by atoms with E-state index < -0.39 is 0 Å². The zero-order valence-electron chi connectivity index (χ0n) is 15.6. The van der Waals surface area contributed by atoms with Gasteiger partial charge in [0.2, 0.25) is 0 Å². The first-order valence-electron chi connectivity index (χ1n) is 9.34. The lowest BCUT2D eigenvalue weighted by Gasteiger charge is -2.36. The van der Waals surface area contributed by atoms with Crippen molar-refractivity contribution in [2.24, 2.45) is 0 Å². The third-order valence-electron chi connectivity index (χ3n) is 5.06. The highest BCUT2D eigenvalue weighted by Gasteiger charge is 2.28. The van der Waals surface area contributed by atoms with Crippen LogP contribution in [0.5, 0.6) is 0 Å². The second-order valence-corrected chi connectivity index (χ2v) is 7.99. The van der Waals surface area contributed by atoms with Crippen LogP contribution in [0.3, 0.4) is 0 Å². The minimum absolute atomic E-state index is 0.00118. The van der Waals surface area contributed by atoms with Crippen molar-refractivity contribution in [3.05, 3.63) is 54.1 Å². The third-order valence-corrected chi connectivity index (χ3v) is 5.06. The topological polar surface area (TPSA) is 38.1 Å². The zero-order valence-corrected chi connectivity index (χ0v) is 15.6. The summed E-state index contributed by atoms with van der Waals surface area (Å²) in [6.07, 6.45) is 11.2. The fourth-order valence-corrected chi connectivity index (χ4v) is 3.53. The Balaban J connectivity index is 1.69. The number of piperidine rings is 1. The van der Waals surface area contributed by atoms with Gasteiger partial charge in [0.1, 0.15) is 0 Å². The summed E-state index contributed by atoms with van der Waals surface area (Å²) in [4.78, 5) is 19.6. The Morgan fingerprint density at radius 1 is 1.24 bits per heavy atom. The van der Waals surface area contributed by atoms with Crippen molar-refractivity contribution in [2.45, 2.75) is 64.5 Å². The maximum atomic E-state index is 13.1. The van der Waals surface area contributed by atoms with E-state index in [9.17, 15) is 4.79 Å². The van der Waals surface area contributed by atoms with E-state index in [-0.39, 0.29) is 11.4 Å². The van der Waals surface area contributed by atoms with Crippen molar-refractivity contribution >= 4 is 5.91 Å². The zero-order chi connectivity index (χ0) is 17.9. The summed E-state index contributed by atoms with van der Waals surface area (Å²) >= 11 is 0. The number of amides is 1. The second-order valence-electron chi connectivity index (χ2n) is 7.99. The van der Waals surface area contributed by atoms with Gasteiger partial charge in [-0.3, -0.25) is 9.78 Å². The van der Waals surface area contributed by atoms with E-state index in [1.165, 1.54) is 6.42 Å². The van der Waals surface area contributed by atoms with Crippen LogP contribution in [0.1, 0.15) is 62.5 Å². The highest BCUT2D eigenvalue weighted by molar-refractivity contribution is 5.94. The van der Waals surface area contributed by atoms with Gasteiger partial charge in [-0.2, -0.15) is 0 Å². The van der Waals surface area contributed by atoms with Gasteiger partial charge in [-0.05, 0) is 71.1 Å². The Labute approximate surface area is 150 Å². The van der Waals surface area contributed by atoms with Gasteiger partial charge >= 0.3 is 0 Å². The molecule has 0 unspecified atom stereocenters. The number of nitrogens with zero attached hydrogens (tertiary/aromatic N) is 3. The SMILES string of the molecule is CC(C)(C)n1ccc(C(=O)N2CCCC[C@@H]2CCc2ccccn2)c1. The Hall–Kier alpha value is -2.10. The van der Waals surface area contributed by atoms with Gasteiger partial charge in [0.05, 0.1) is 5.56 Å². The molecule has 0 N–H and O–H groups in total. The van der Waals surface area contributed by atoms with Crippen LogP contribution in [0.25, 0.3) is 0 Å². The summed E-state index contributed by atoms with van der Waals surface area (Å²) in [6.45, 7) is 7.32. The lowest BCUT2D eigenvalue weighted by Crippen LogP contribution is -2.44. The third kappa shape index (κ3) is 4.30. The molecule has 3 heterocycles. The molecule has 1 aliphatic heterocycles. The highest BCUT2D eigenvalue weighted by atomic mass is 16.2. The number of aryl methyl sites for hydroxylation is 1. The van der Waals surface area contributed by atoms with Crippen molar-refractivity contribution in [3.8, 4) is 0 Å². The van der Waals surface area contributed by atoms with Crippen LogP contribution in [0.15, 0.2) is 42.9 Å². The molecule has 1 fully saturated rings. The number of hydrogen-bond acceptors (Lipinski definition) is 2. The molecule has 134 valence electrons.